The summed E-state index contributed by atoms with van der Waals surface area (Å²) in [6, 6.07) is 8.24. The predicted molar refractivity (Wildman–Crippen MR) is 73.2 cm³/mol. The number of nitrogens with zero attached hydrogens (tertiary/aromatic N) is 2. The summed E-state index contributed by atoms with van der Waals surface area (Å²) in [7, 11) is 0. The molecule has 0 spiro atoms. The average molecular weight is 242 g/mol. The number of nitrogens with one attached hydrogen (secondary N) is 1. The topological polar surface area (TPSA) is 63.8 Å². The highest BCUT2D eigenvalue weighted by Crippen LogP contribution is 2.09. The minimum atomic E-state index is 0.580. The van der Waals surface area contributed by atoms with Gasteiger partial charge in [-0.3, -0.25) is 4.98 Å². The maximum Gasteiger partial charge on any atom is 0.145 e. The standard InChI is InChI=1S/C14H18N4/c1-10-11(2)18-14(9-16-10)17-8-13-5-3-12(7-15)4-6-13/h3-6,9H,7-8,15H2,1-2H3,(H,17,18). The van der Waals surface area contributed by atoms with Gasteiger partial charge in [0, 0.05) is 13.1 Å². The number of rotatable bonds is 4. The smallest absolute Gasteiger partial charge is 0.145 e. The molecular formula is C14H18N4. The van der Waals surface area contributed by atoms with Gasteiger partial charge in [-0.05, 0) is 25.0 Å². The Labute approximate surface area is 107 Å². The second-order valence-electron chi connectivity index (χ2n) is 4.30. The summed E-state index contributed by atoms with van der Waals surface area (Å²) in [4.78, 5) is 8.70. The van der Waals surface area contributed by atoms with Gasteiger partial charge in [0.1, 0.15) is 5.82 Å². The van der Waals surface area contributed by atoms with Gasteiger partial charge in [0.2, 0.25) is 0 Å². The fourth-order valence-corrected chi connectivity index (χ4v) is 1.61. The van der Waals surface area contributed by atoms with E-state index in [9.17, 15) is 0 Å². The van der Waals surface area contributed by atoms with Gasteiger partial charge in [-0.2, -0.15) is 0 Å². The van der Waals surface area contributed by atoms with Crippen LogP contribution in [0.2, 0.25) is 0 Å². The van der Waals surface area contributed by atoms with Crippen molar-refractivity contribution in [1.82, 2.24) is 9.97 Å². The Morgan fingerprint density at radius 3 is 2.33 bits per heavy atom. The summed E-state index contributed by atoms with van der Waals surface area (Å²) in [5, 5.41) is 3.26. The van der Waals surface area contributed by atoms with Crippen molar-refractivity contribution in [1.29, 1.82) is 0 Å². The molecule has 2 aromatic rings. The molecule has 94 valence electrons. The van der Waals surface area contributed by atoms with Crippen molar-refractivity contribution < 1.29 is 0 Å². The van der Waals surface area contributed by atoms with Crippen LogP contribution in [0.15, 0.2) is 30.5 Å². The lowest BCUT2D eigenvalue weighted by Gasteiger charge is -2.07. The second-order valence-corrected chi connectivity index (χ2v) is 4.30. The third-order valence-corrected chi connectivity index (χ3v) is 2.92. The van der Waals surface area contributed by atoms with Crippen molar-refractivity contribution in [2.45, 2.75) is 26.9 Å². The number of nitrogens with two attached hydrogens (primary N) is 1. The summed E-state index contributed by atoms with van der Waals surface area (Å²) in [5.74, 6) is 0.806. The monoisotopic (exact) mass is 242 g/mol. The maximum absolute atomic E-state index is 5.56. The molecule has 4 nitrogen and oxygen atoms in total. The minimum Gasteiger partial charge on any atom is -0.365 e. The molecule has 0 aliphatic rings. The zero-order chi connectivity index (χ0) is 13.0. The van der Waals surface area contributed by atoms with Crippen LogP contribution in [-0.4, -0.2) is 9.97 Å². The van der Waals surface area contributed by atoms with Crippen molar-refractivity contribution in [3.63, 3.8) is 0 Å². The third-order valence-electron chi connectivity index (χ3n) is 2.92. The van der Waals surface area contributed by atoms with Gasteiger partial charge in [0.15, 0.2) is 0 Å². The summed E-state index contributed by atoms with van der Waals surface area (Å²) in [5.41, 5.74) is 9.83. The number of aryl methyl sites for hydroxylation is 2. The number of hydrogen-bond acceptors (Lipinski definition) is 4. The van der Waals surface area contributed by atoms with Gasteiger partial charge < -0.3 is 11.1 Å². The fourth-order valence-electron chi connectivity index (χ4n) is 1.61. The second kappa shape index (κ2) is 5.60. The zero-order valence-electron chi connectivity index (χ0n) is 10.8. The van der Waals surface area contributed by atoms with E-state index in [4.69, 9.17) is 5.73 Å². The average Bonchev–Trinajstić information content (AvgIpc) is 2.41. The third kappa shape index (κ3) is 3.05. The van der Waals surface area contributed by atoms with E-state index in [0.717, 1.165) is 29.3 Å². The molecule has 0 radical (unpaired) electrons. The highest BCUT2D eigenvalue weighted by Gasteiger charge is 1.99. The van der Waals surface area contributed by atoms with Crippen LogP contribution in [0.5, 0.6) is 0 Å². The van der Waals surface area contributed by atoms with E-state index in [1.807, 2.05) is 26.0 Å². The molecule has 0 atom stereocenters. The van der Waals surface area contributed by atoms with Crippen LogP contribution in [0.4, 0.5) is 5.82 Å². The summed E-state index contributed by atoms with van der Waals surface area (Å²) >= 11 is 0. The normalized spacial score (nSPS) is 10.4. The van der Waals surface area contributed by atoms with E-state index in [1.165, 1.54) is 5.56 Å². The van der Waals surface area contributed by atoms with E-state index in [2.05, 4.69) is 27.4 Å². The molecule has 1 aromatic carbocycles. The van der Waals surface area contributed by atoms with Crippen molar-refractivity contribution in [3.8, 4) is 0 Å². The quantitative estimate of drug-likeness (QED) is 0.862. The molecule has 2 rings (SSSR count). The van der Waals surface area contributed by atoms with Gasteiger partial charge in [-0.1, -0.05) is 24.3 Å². The van der Waals surface area contributed by atoms with Crippen molar-refractivity contribution in [3.05, 3.63) is 53.0 Å². The van der Waals surface area contributed by atoms with Crippen LogP contribution in [0.25, 0.3) is 0 Å². The molecular weight excluding hydrogens is 224 g/mol. The lowest BCUT2D eigenvalue weighted by atomic mass is 10.1. The molecule has 4 heteroatoms. The molecule has 1 aromatic heterocycles. The minimum absolute atomic E-state index is 0.580. The van der Waals surface area contributed by atoms with E-state index in [-0.39, 0.29) is 0 Å². The largest absolute Gasteiger partial charge is 0.365 e. The van der Waals surface area contributed by atoms with Crippen LogP contribution in [0.1, 0.15) is 22.5 Å². The molecule has 0 fully saturated rings. The molecule has 18 heavy (non-hydrogen) atoms. The lowest BCUT2D eigenvalue weighted by Crippen LogP contribution is -2.04. The summed E-state index contributed by atoms with van der Waals surface area (Å²) in [6.45, 7) is 5.24. The van der Waals surface area contributed by atoms with E-state index in [0.29, 0.717) is 6.54 Å². The van der Waals surface area contributed by atoms with Crippen LogP contribution < -0.4 is 11.1 Å². The Kier molecular flexibility index (Phi) is 3.89. The molecule has 0 amide bonds. The summed E-state index contributed by atoms with van der Waals surface area (Å²) < 4.78 is 0. The van der Waals surface area contributed by atoms with Crippen molar-refractivity contribution >= 4 is 5.82 Å². The van der Waals surface area contributed by atoms with Crippen molar-refractivity contribution in [2.24, 2.45) is 5.73 Å². The Balaban J connectivity index is 1.99. The van der Waals surface area contributed by atoms with Crippen LogP contribution in [0.3, 0.4) is 0 Å². The fraction of sp³-hybridized carbons (Fsp3) is 0.286. The molecule has 0 aliphatic heterocycles. The van der Waals surface area contributed by atoms with E-state index >= 15 is 0 Å². The van der Waals surface area contributed by atoms with Crippen LogP contribution in [-0.2, 0) is 13.1 Å². The van der Waals surface area contributed by atoms with Crippen LogP contribution >= 0.6 is 0 Å². The lowest BCUT2D eigenvalue weighted by molar-refractivity contribution is 1.01. The first-order valence-electron chi connectivity index (χ1n) is 6.01. The Morgan fingerprint density at radius 1 is 1.06 bits per heavy atom. The van der Waals surface area contributed by atoms with Crippen molar-refractivity contribution in [2.75, 3.05) is 5.32 Å². The van der Waals surface area contributed by atoms with E-state index in [1.54, 1.807) is 6.20 Å². The zero-order valence-corrected chi connectivity index (χ0v) is 10.8. The number of anilines is 1. The highest BCUT2D eigenvalue weighted by molar-refractivity contribution is 5.35. The Hall–Kier alpha value is -1.94. The molecule has 0 saturated carbocycles. The number of aromatic nitrogens is 2. The maximum atomic E-state index is 5.56. The first-order chi connectivity index (χ1) is 8.69. The van der Waals surface area contributed by atoms with E-state index < -0.39 is 0 Å². The highest BCUT2D eigenvalue weighted by atomic mass is 15.0. The Bertz CT molecular complexity index is 520. The predicted octanol–water partition coefficient (Wildman–Crippen LogP) is 2.16. The number of hydrogen-bond donors (Lipinski definition) is 2. The van der Waals surface area contributed by atoms with Gasteiger partial charge in [-0.25, -0.2) is 4.98 Å². The Morgan fingerprint density at radius 2 is 1.72 bits per heavy atom. The first-order valence-corrected chi connectivity index (χ1v) is 6.01. The van der Waals surface area contributed by atoms with Gasteiger partial charge in [0.05, 0.1) is 17.6 Å². The molecule has 0 aliphatic carbocycles. The van der Waals surface area contributed by atoms with Gasteiger partial charge in [-0.15, -0.1) is 0 Å². The molecule has 1 heterocycles. The molecule has 0 unspecified atom stereocenters. The summed E-state index contributed by atoms with van der Waals surface area (Å²) in [6.07, 6.45) is 1.76. The number of benzene rings is 1. The van der Waals surface area contributed by atoms with Crippen LogP contribution in [0, 0.1) is 13.8 Å². The molecule has 0 bridgehead atoms. The van der Waals surface area contributed by atoms with Gasteiger partial charge >= 0.3 is 0 Å². The first kappa shape index (κ1) is 12.5. The molecule has 3 N–H and O–H groups in total. The SMILES string of the molecule is Cc1ncc(NCc2ccc(CN)cc2)nc1C. The van der Waals surface area contributed by atoms with Gasteiger partial charge in [0.25, 0.3) is 0 Å². The molecule has 0 saturated heterocycles.